The fourth-order valence-corrected chi connectivity index (χ4v) is 2.30. The van der Waals surface area contributed by atoms with Crippen LogP contribution >= 0.6 is 0 Å². The molecule has 6 heteroatoms. The monoisotopic (exact) mass is 327 g/mol. The van der Waals surface area contributed by atoms with E-state index in [0.29, 0.717) is 0 Å². The number of benzene rings is 2. The van der Waals surface area contributed by atoms with Gasteiger partial charge in [0.25, 0.3) is 5.91 Å². The maximum atomic E-state index is 11.9. The molecule has 0 aliphatic carbocycles. The van der Waals surface area contributed by atoms with Crippen LogP contribution in [0.5, 0.6) is 11.5 Å². The highest BCUT2D eigenvalue weighted by molar-refractivity contribution is 5.97. The van der Waals surface area contributed by atoms with Crippen LogP contribution in [0.1, 0.15) is 29.8 Å². The van der Waals surface area contributed by atoms with Crippen molar-refractivity contribution >= 4 is 17.8 Å². The minimum Gasteiger partial charge on any atom is -0.508 e. The fraction of sp³-hybridized carbons (Fsp3) is 0.222. The van der Waals surface area contributed by atoms with E-state index in [9.17, 15) is 15.0 Å². The number of phenolic OH excluding ortho intramolecular Hbond substituents is 2. The van der Waals surface area contributed by atoms with E-state index >= 15 is 0 Å². The van der Waals surface area contributed by atoms with Gasteiger partial charge in [0.2, 0.25) is 0 Å². The van der Waals surface area contributed by atoms with Crippen molar-refractivity contribution in [1.29, 1.82) is 0 Å². The first kappa shape index (κ1) is 17.3. The van der Waals surface area contributed by atoms with Crippen LogP contribution < -0.4 is 10.3 Å². The summed E-state index contributed by atoms with van der Waals surface area (Å²) in [5, 5.41) is 22.7. The van der Waals surface area contributed by atoms with Crippen molar-refractivity contribution in [2.24, 2.45) is 5.10 Å². The molecule has 0 aliphatic rings. The van der Waals surface area contributed by atoms with Crippen molar-refractivity contribution in [3.05, 3.63) is 53.6 Å². The first-order valence-corrected chi connectivity index (χ1v) is 7.75. The summed E-state index contributed by atoms with van der Waals surface area (Å²) in [5.41, 5.74) is 4.37. The quantitative estimate of drug-likeness (QED) is 0.562. The van der Waals surface area contributed by atoms with Gasteiger partial charge < -0.3 is 15.1 Å². The molecule has 1 amide bonds. The molecule has 2 aromatic carbocycles. The molecule has 0 unspecified atom stereocenters. The van der Waals surface area contributed by atoms with Gasteiger partial charge in [-0.05, 0) is 43.7 Å². The molecule has 2 aromatic rings. The average molecular weight is 327 g/mol. The highest BCUT2D eigenvalue weighted by Gasteiger charge is 2.10. The van der Waals surface area contributed by atoms with Gasteiger partial charge in [0.15, 0.2) is 0 Å². The van der Waals surface area contributed by atoms with Gasteiger partial charge >= 0.3 is 0 Å². The second-order valence-electron chi connectivity index (χ2n) is 5.16. The lowest BCUT2D eigenvalue weighted by molar-refractivity contribution is 0.0952. The molecule has 24 heavy (non-hydrogen) atoms. The minimum atomic E-state index is -0.552. The van der Waals surface area contributed by atoms with Gasteiger partial charge in [0, 0.05) is 24.8 Å². The van der Waals surface area contributed by atoms with E-state index in [1.165, 1.54) is 18.3 Å². The van der Waals surface area contributed by atoms with Crippen LogP contribution in [0, 0.1) is 0 Å². The van der Waals surface area contributed by atoms with Gasteiger partial charge in [-0.15, -0.1) is 0 Å². The van der Waals surface area contributed by atoms with Crippen molar-refractivity contribution < 1.29 is 15.0 Å². The Morgan fingerprint density at radius 1 is 1.12 bits per heavy atom. The fourth-order valence-electron chi connectivity index (χ4n) is 2.30. The number of nitrogens with one attached hydrogen (secondary N) is 1. The van der Waals surface area contributed by atoms with Crippen LogP contribution in [-0.4, -0.2) is 35.4 Å². The zero-order valence-corrected chi connectivity index (χ0v) is 13.7. The Morgan fingerprint density at radius 3 is 2.38 bits per heavy atom. The van der Waals surface area contributed by atoms with Crippen molar-refractivity contribution in [3.63, 3.8) is 0 Å². The predicted molar refractivity (Wildman–Crippen MR) is 94.8 cm³/mol. The van der Waals surface area contributed by atoms with Crippen LogP contribution in [0.15, 0.2) is 47.6 Å². The Hall–Kier alpha value is -3.02. The molecule has 2 rings (SSSR count). The highest BCUT2D eigenvalue weighted by Crippen LogP contribution is 2.22. The average Bonchev–Trinajstić information content (AvgIpc) is 2.57. The van der Waals surface area contributed by atoms with E-state index in [4.69, 9.17) is 0 Å². The summed E-state index contributed by atoms with van der Waals surface area (Å²) in [4.78, 5) is 14.1. The van der Waals surface area contributed by atoms with Crippen LogP contribution in [-0.2, 0) is 0 Å². The second kappa shape index (κ2) is 8.01. The molecule has 6 nitrogen and oxygen atoms in total. The SMILES string of the molecule is CCN(CC)c1ccc(/C=N/NC(=O)c2ccc(O)cc2O)cc1. The summed E-state index contributed by atoms with van der Waals surface area (Å²) < 4.78 is 0. The predicted octanol–water partition coefficient (Wildman–Crippen LogP) is 2.71. The first-order valence-electron chi connectivity index (χ1n) is 7.75. The van der Waals surface area contributed by atoms with E-state index in [0.717, 1.165) is 30.4 Å². The number of nitrogens with zero attached hydrogens (tertiary/aromatic N) is 2. The third-order valence-electron chi connectivity index (χ3n) is 3.63. The molecular weight excluding hydrogens is 306 g/mol. The molecule has 0 heterocycles. The lowest BCUT2D eigenvalue weighted by Crippen LogP contribution is -2.21. The smallest absolute Gasteiger partial charge is 0.275 e. The van der Waals surface area contributed by atoms with Crippen LogP contribution in [0.3, 0.4) is 0 Å². The number of rotatable bonds is 6. The van der Waals surface area contributed by atoms with Crippen LogP contribution in [0.4, 0.5) is 5.69 Å². The summed E-state index contributed by atoms with van der Waals surface area (Å²) in [6.45, 7) is 6.09. The number of anilines is 1. The van der Waals surface area contributed by atoms with Crippen molar-refractivity contribution in [1.82, 2.24) is 5.43 Å². The Labute approximate surface area is 141 Å². The standard InChI is InChI=1S/C18H21N3O3/c1-3-21(4-2)14-7-5-13(6-8-14)12-19-20-18(24)16-10-9-15(22)11-17(16)23/h5-12,22-23H,3-4H2,1-2H3,(H,20,24)/b19-12+. The molecule has 0 fully saturated rings. The molecule has 0 atom stereocenters. The zero-order valence-electron chi connectivity index (χ0n) is 13.7. The van der Waals surface area contributed by atoms with Crippen LogP contribution in [0.2, 0.25) is 0 Å². The molecule has 0 aliphatic heterocycles. The zero-order chi connectivity index (χ0) is 17.5. The lowest BCUT2D eigenvalue weighted by atomic mass is 10.2. The summed E-state index contributed by atoms with van der Waals surface area (Å²) in [7, 11) is 0. The number of carbonyl (C=O) groups excluding carboxylic acids is 1. The molecule has 126 valence electrons. The molecule has 0 radical (unpaired) electrons. The van der Waals surface area contributed by atoms with Gasteiger partial charge in [-0.2, -0.15) is 5.10 Å². The Kier molecular flexibility index (Phi) is 5.78. The van der Waals surface area contributed by atoms with Gasteiger partial charge in [-0.3, -0.25) is 4.79 Å². The maximum Gasteiger partial charge on any atom is 0.275 e. The third kappa shape index (κ3) is 4.25. The summed E-state index contributed by atoms with van der Waals surface area (Å²) in [6, 6.07) is 11.6. The molecule has 0 bridgehead atoms. The van der Waals surface area contributed by atoms with E-state index in [1.807, 2.05) is 24.3 Å². The number of hydrazone groups is 1. The third-order valence-corrected chi connectivity index (χ3v) is 3.63. The molecule has 3 N–H and O–H groups in total. The molecule has 0 saturated heterocycles. The van der Waals surface area contributed by atoms with Crippen molar-refractivity contribution in [3.8, 4) is 11.5 Å². The Balaban J connectivity index is 1.99. The maximum absolute atomic E-state index is 11.9. The number of aromatic hydroxyl groups is 2. The molecule has 0 aromatic heterocycles. The lowest BCUT2D eigenvalue weighted by Gasteiger charge is -2.20. The first-order chi connectivity index (χ1) is 11.5. The van der Waals surface area contributed by atoms with Crippen molar-refractivity contribution in [2.45, 2.75) is 13.8 Å². The molecular formula is C18H21N3O3. The second-order valence-corrected chi connectivity index (χ2v) is 5.16. The summed E-state index contributed by atoms with van der Waals surface area (Å²) in [5.74, 6) is -0.962. The van der Waals surface area contributed by atoms with E-state index < -0.39 is 5.91 Å². The van der Waals surface area contributed by atoms with Crippen molar-refractivity contribution in [2.75, 3.05) is 18.0 Å². The highest BCUT2D eigenvalue weighted by atomic mass is 16.3. The number of hydrogen-bond acceptors (Lipinski definition) is 5. The summed E-state index contributed by atoms with van der Waals surface area (Å²) in [6.07, 6.45) is 1.53. The Morgan fingerprint density at radius 2 is 1.79 bits per heavy atom. The largest absolute Gasteiger partial charge is 0.508 e. The van der Waals surface area contributed by atoms with E-state index in [2.05, 4.69) is 29.3 Å². The van der Waals surface area contributed by atoms with E-state index in [1.54, 1.807) is 0 Å². The normalized spacial score (nSPS) is 10.8. The number of carbonyl (C=O) groups is 1. The van der Waals surface area contributed by atoms with Gasteiger partial charge in [-0.1, -0.05) is 12.1 Å². The minimum absolute atomic E-state index is 0.0434. The van der Waals surface area contributed by atoms with E-state index in [-0.39, 0.29) is 17.1 Å². The molecule has 0 spiro atoms. The van der Waals surface area contributed by atoms with Gasteiger partial charge in [-0.25, -0.2) is 5.43 Å². The van der Waals surface area contributed by atoms with Gasteiger partial charge in [0.1, 0.15) is 11.5 Å². The number of phenols is 2. The summed E-state index contributed by atoms with van der Waals surface area (Å²) >= 11 is 0. The topological polar surface area (TPSA) is 85.2 Å². The number of hydrogen-bond donors (Lipinski definition) is 3. The van der Waals surface area contributed by atoms with Crippen LogP contribution in [0.25, 0.3) is 0 Å². The number of amides is 1. The van der Waals surface area contributed by atoms with Gasteiger partial charge in [0.05, 0.1) is 11.8 Å². The molecule has 0 saturated carbocycles. The Bertz CT molecular complexity index is 723.